The second-order valence-electron chi connectivity index (χ2n) is 10.4. The van der Waals surface area contributed by atoms with Gasteiger partial charge in [0.2, 0.25) is 0 Å². The first-order valence-corrected chi connectivity index (χ1v) is 15.4. The summed E-state index contributed by atoms with van der Waals surface area (Å²) < 4.78 is 19.6. The van der Waals surface area contributed by atoms with Crippen molar-refractivity contribution in [1.82, 2.24) is 14.3 Å². The highest BCUT2D eigenvalue weighted by Crippen LogP contribution is 2.32. The zero-order chi connectivity index (χ0) is 32.4. The number of hydrogen-bond donors (Lipinski definition) is 0. The van der Waals surface area contributed by atoms with E-state index in [0.717, 1.165) is 22.6 Å². The number of benzene rings is 3. The van der Waals surface area contributed by atoms with Crippen molar-refractivity contribution in [2.24, 2.45) is 4.99 Å². The van der Waals surface area contributed by atoms with Gasteiger partial charge in [0, 0.05) is 24.2 Å². The van der Waals surface area contributed by atoms with E-state index in [1.165, 1.54) is 29.9 Å². The Morgan fingerprint density at radius 1 is 0.978 bits per heavy atom. The molecule has 6 rings (SSSR count). The molecule has 1 aliphatic heterocycles. The summed E-state index contributed by atoms with van der Waals surface area (Å²) in [6, 6.07) is 23.2. The van der Waals surface area contributed by atoms with Gasteiger partial charge >= 0.3 is 11.9 Å². The van der Waals surface area contributed by atoms with E-state index in [9.17, 15) is 14.4 Å². The lowest BCUT2D eigenvalue weighted by atomic mass is 9.96. The molecule has 10 nitrogen and oxygen atoms in total. The molecule has 1 atom stereocenters. The summed E-state index contributed by atoms with van der Waals surface area (Å²) in [6.45, 7) is 5.53. The number of carbonyl (C=O) groups excluding carboxylic acids is 2. The summed E-state index contributed by atoms with van der Waals surface area (Å²) in [5.74, 6) is 0.0564. The van der Waals surface area contributed by atoms with E-state index >= 15 is 0 Å². The lowest BCUT2D eigenvalue weighted by molar-refractivity contribution is -0.136. The molecule has 0 radical (unpaired) electrons. The number of hydrogen-bond acceptors (Lipinski definition) is 9. The molecule has 0 saturated heterocycles. The number of allylic oxidation sites excluding steroid dienone is 1. The molecule has 0 amide bonds. The highest BCUT2D eigenvalue weighted by Gasteiger charge is 2.33. The molecule has 0 aliphatic carbocycles. The van der Waals surface area contributed by atoms with Crippen molar-refractivity contribution >= 4 is 29.4 Å². The van der Waals surface area contributed by atoms with Gasteiger partial charge in [-0.05, 0) is 74.0 Å². The average Bonchev–Trinajstić information content (AvgIpc) is 3.61. The van der Waals surface area contributed by atoms with Gasteiger partial charge in [-0.25, -0.2) is 14.5 Å². The molecule has 11 heteroatoms. The van der Waals surface area contributed by atoms with Gasteiger partial charge in [-0.2, -0.15) is 5.10 Å². The number of thiazole rings is 1. The van der Waals surface area contributed by atoms with Crippen molar-refractivity contribution in [2.45, 2.75) is 26.8 Å². The maximum atomic E-state index is 14.2. The lowest BCUT2D eigenvalue weighted by Gasteiger charge is -2.24. The number of aromatic nitrogens is 3. The average molecular weight is 635 g/mol. The molecule has 0 fully saturated rings. The number of para-hydroxylation sites is 1. The first kappa shape index (κ1) is 30.5. The van der Waals surface area contributed by atoms with Crippen LogP contribution in [0.2, 0.25) is 0 Å². The van der Waals surface area contributed by atoms with Crippen LogP contribution in [0, 0.1) is 0 Å². The molecule has 1 unspecified atom stereocenters. The van der Waals surface area contributed by atoms with E-state index < -0.39 is 18.0 Å². The smallest absolute Gasteiger partial charge is 0.338 e. The summed E-state index contributed by atoms with van der Waals surface area (Å²) in [7, 11) is 1.29. The minimum atomic E-state index is -0.810. The van der Waals surface area contributed by atoms with Gasteiger partial charge in [-0.1, -0.05) is 41.7 Å². The first-order valence-electron chi connectivity index (χ1n) is 14.5. The maximum Gasteiger partial charge on any atom is 0.338 e. The van der Waals surface area contributed by atoms with Crippen LogP contribution >= 0.6 is 11.3 Å². The number of ether oxygens (including phenoxy) is 3. The number of fused-ring (bicyclic) bond motifs is 1. The van der Waals surface area contributed by atoms with Crippen molar-refractivity contribution in [2.75, 3.05) is 13.7 Å². The van der Waals surface area contributed by atoms with Crippen LogP contribution in [0.4, 0.5) is 0 Å². The Hall–Kier alpha value is -5.55. The zero-order valence-corrected chi connectivity index (χ0v) is 26.4. The van der Waals surface area contributed by atoms with E-state index in [-0.39, 0.29) is 11.1 Å². The largest absolute Gasteiger partial charge is 0.494 e. The van der Waals surface area contributed by atoms with E-state index in [2.05, 4.69) is 4.99 Å². The van der Waals surface area contributed by atoms with Crippen LogP contribution in [0.15, 0.2) is 106 Å². The Bertz CT molecular complexity index is 2140. The SMILES string of the molecule is CCOc1ccc(-c2nn(-c3ccccc3)cc2/C=c2/sc3n(c2=O)C(c2ccc(OC(C)=O)cc2)C(C(=O)OC)=C(C)N=3)cc1. The minimum absolute atomic E-state index is 0.244. The van der Waals surface area contributed by atoms with Crippen LogP contribution in [0.5, 0.6) is 11.5 Å². The number of carbonyl (C=O) groups is 2. The fraction of sp³-hybridized carbons (Fsp3) is 0.171. The molecule has 3 heterocycles. The summed E-state index contributed by atoms with van der Waals surface area (Å²) in [4.78, 5) is 43.8. The van der Waals surface area contributed by atoms with Gasteiger partial charge in [0.25, 0.3) is 5.56 Å². The molecule has 0 saturated carbocycles. The second kappa shape index (κ2) is 12.8. The van der Waals surface area contributed by atoms with Crippen molar-refractivity contribution in [3.05, 3.63) is 127 Å². The Kier molecular flexibility index (Phi) is 8.49. The first-order chi connectivity index (χ1) is 22.3. The van der Waals surface area contributed by atoms with Gasteiger partial charge in [0.05, 0.1) is 41.2 Å². The fourth-order valence-electron chi connectivity index (χ4n) is 5.34. The third-order valence-electron chi connectivity index (χ3n) is 7.37. The van der Waals surface area contributed by atoms with Crippen molar-refractivity contribution in [3.8, 4) is 28.4 Å². The predicted octanol–water partition coefficient (Wildman–Crippen LogP) is 4.58. The van der Waals surface area contributed by atoms with Crippen molar-refractivity contribution in [1.29, 1.82) is 0 Å². The standard InChI is InChI=1S/C35H30N4O6S/c1-5-44-27-15-11-23(12-16-27)31-25(20-38(37-31)26-9-7-6-8-10-26)19-29-33(41)39-32(24-13-17-28(18-14-24)45-22(3)40)30(34(42)43-4)21(2)36-35(39)46-29/h6-20,32H,5H2,1-4H3/b29-19+. The highest BCUT2D eigenvalue weighted by molar-refractivity contribution is 7.07. The number of nitrogens with zero attached hydrogens (tertiary/aromatic N) is 4. The summed E-state index contributed by atoms with van der Waals surface area (Å²) in [6.07, 6.45) is 3.69. The van der Waals surface area contributed by atoms with E-state index in [0.29, 0.717) is 38.6 Å². The molecule has 232 valence electrons. The molecule has 1 aliphatic rings. The molecule has 0 bridgehead atoms. The quantitative estimate of drug-likeness (QED) is 0.181. The van der Waals surface area contributed by atoms with Gasteiger partial charge in [0.15, 0.2) is 4.80 Å². The predicted molar refractivity (Wildman–Crippen MR) is 174 cm³/mol. The van der Waals surface area contributed by atoms with Crippen LogP contribution in [0.3, 0.4) is 0 Å². The van der Waals surface area contributed by atoms with Crippen LogP contribution in [-0.4, -0.2) is 40.0 Å². The third kappa shape index (κ3) is 5.92. The second-order valence-corrected chi connectivity index (χ2v) is 11.4. The monoisotopic (exact) mass is 634 g/mol. The maximum absolute atomic E-state index is 14.2. The number of rotatable bonds is 8. The van der Waals surface area contributed by atoms with Gasteiger partial charge < -0.3 is 14.2 Å². The van der Waals surface area contributed by atoms with E-state index in [1.807, 2.05) is 67.7 Å². The van der Waals surface area contributed by atoms with Crippen molar-refractivity contribution < 1.29 is 23.8 Å². The minimum Gasteiger partial charge on any atom is -0.494 e. The molecule has 2 aromatic heterocycles. The fourth-order valence-corrected chi connectivity index (χ4v) is 6.38. The van der Waals surface area contributed by atoms with E-state index in [1.54, 1.807) is 41.9 Å². The number of esters is 2. The summed E-state index contributed by atoms with van der Waals surface area (Å²) in [5, 5.41) is 4.90. The topological polar surface area (TPSA) is 114 Å². The van der Waals surface area contributed by atoms with Gasteiger partial charge in [-0.3, -0.25) is 14.2 Å². The zero-order valence-electron chi connectivity index (χ0n) is 25.6. The molecular weight excluding hydrogens is 604 g/mol. The Morgan fingerprint density at radius 3 is 2.33 bits per heavy atom. The Balaban J connectivity index is 1.52. The Labute approximate surface area is 268 Å². The summed E-state index contributed by atoms with van der Waals surface area (Å²) >= 11 is 1.23. The summed E-state index contributed by atoms with van der Waals surface area (Å²) in [5.41, 5.74) is 4.13. The molecule has 46 heavy (non-hydrogen) atoms. The van der Waals surface area contributed by atoms with Crippen LogP contribution in [0.1, 0.15) is 37.9 Å². The van der Waals surface area contributed by atoms with Crippen LogP contribution in [0.25, 0.3) is 23.0 Å². The molecule has 5 aromatic rings. The van der Waals surface area contributed by atoms with E-state index in [4.69, 9.17) is 19.3 Å². The van der Waals surface area contributed by atoms with Crippen molar-refractivity contribution in [3.63, 3.8) is 0 Å². The molecule has 3 aromatic carbocycles. The normalized spacial score (nSPS) is 14.4. The molecular formula is C35H30N4O6S. The van der Waals surface area contributed by atoms with Gasteiger partial charge in [0.1, 0.15) is 17.2 Å². The van der Waals surface area contributed by atoms with Crippen LogP contribution < -0.4 is 24.4 Å². The third-order valence-corrected chi connectivity index (χ3v) is 8.36. The lowest BCUT2D eigenvalue weighted by Crippen LogP contribution is -2.39. The Morgan fingerprint density at radius 2 is 1.67 bits per heavy atom. The number of methoxy groups -OCH3 is 1. The molecule has 0 N–H and O–H groups in total. The highest BCUT2D eigenvalue weighted by atomic mass is 32.1. The van der Waals surface area contributed by atoms with Gasteiger partial charge in [-0.15, -0.1) is 0 Å². The molecule has 0 spiro atoms. The van der Waals surface area contributed by atoms with Crippen LogP contribution in [-0.2, 0) is 14.3 Å².